The lowest BCUT2D eigenvalue weighted by atomic mass is 9.88. The molecule has 1 fully saturated rings. The first-order valence-corrected chi connectivity index (χ1v) is 4.70. The highest BCUT2D eigenvalue weighted by atomic mass is 19.3. The van der Waals surface area contributed by atoms with Crippen LogP contribution in [-0.2, 0) is 4.84 Å². The maximum atomic E-state index is 12.2. The Kier molecular flexibility index (Phi) is 4.12. The molecule has 0 amide bonds. The van der Waals surface area contributed by atoms with Crippen molar-refractivity contribution in [2.45, 2.75) is 39.0 Å². The highest BCUT2D eigenvalue weighted by Gasteiger charge is 2.25. The topological polar surface area (TPSA) is 21.6 Å². The molecule has 0 aromatic heterocycles. The Balaban J connectivity index is 2.30. The van der Waals surface area contributed by atoms with Gasteiger partial charge in [0, 0.05) is 5.92 Å². The smallest absolute Gasteiger partial charge is 0.241 e. The van der Waals surface area contributed by atoms with Gasteiger partial charge in [0.15, 0.2) is 0 Å². The highest BCUT2D eigenvalue weighted by Crippen LogP contribution is 2.27. The summed E-state index contributed by atoms with van der Waals surface area (Å²) in [5.41, 5.74) is 0.929. The molecule has 0 atom stereocenters. The van der Waals surface area contributed by atoms with Gasteiger partial charge >= 0.3 is 0 Å². The molecule has 0 unspecified atom stereocenters. The Bertz CT molecular complexity index is 172. The Morgan fingerprint density at radius 3 is 2.54 bits per heavy atom. The molecule has 1 saturated carbocycles. The minimum atomic E-state index is -2.17. The van der Waals surface area contributed by atoms with E-state index in [1.54, 1.807) is 0 Å². The summed E-state index contributed by atoms with van der Waals surface area (Å²) in [6.07, 6.45) is 0.241. The first kappa shape index (κ1) is 10.4. The van der Waals surface area contributed by atoms with Gasteiger partial charge in [-0.3, -0.25) is 0 Å². The molecule has 0 aromatic carbocycles. The lowest BCUT2D eigenvalue weighted by Gasteiger charge is -2.21. The fourth-order valence-corrected chi connectivity index (χ4v) is 1.47. The predicted octanol–water partition coefficient (Wildman–Crippen LogP) is 2.83. The summed E-state index contributed by atoms with van der Waals surface area (Å²) >= 11 is 0. The van der Waals surface area contributed by atoms with Crippen LogP contribution >= 0.6 is 0 Å². The number of alkyl halides is 2. The van der Waals surface area contributed by atoms with Gasteiger partial charge in [0.05, 0.1) is 5.71 Å². The molecule has 76 valence electrons. The zero-order valence-electron chi connectivity index (χ0n) is 7.80. The van der Waals surface area contributed by atoms with Crippen LogP contribution in [0.5, 0.6) is 0 Å². The third kappa shape index (κ3) is 3.28. The third-order valence-electron chi connectivity index (χ3n) is 2.29. The average Bonchev–Trinajstić information content (AvgIpc) is 2.15. The van der Waals surface area contributed by atoms with E-state index in [0.717, 1.165) is 5.71 Å². The van der Waals surface area contributed by atoms with Crippen molar-refractivity contribution in [3.05, 3.63) is 0 Å². The molecular weight excluding hydrogens is 176 g/mol. The first-order valence-electron chi connectivity index (χ1n) is 4.70. The molecule has 0 saturated heterocycles. The second-order valence-corrected chi connectivity index (χ2v) is 3.25. The van der Waals surface area contributed by atoms with Gasteiger partial charge in [0.2, 0.25) is 6.43 Å². The van der Waals surface area contributed by atoms with Crippen LogP contribution in [0.15, 0.2) is 5.16 Å². The lowest BCUT2D eigenvalue weighted by molar-refractivity contribution is 0.0653. The van der Waals surface area contributed by atoms with Crippen LogP contribution in [0.3, 0.4) is 0 Å². The number of halogens is 2. The van der Waals surface area contributed by atoms with E-state index in [1.165, 1.54) is 0 Å². The van der Waals surface area contributed by atoms with Gasteiger partial charge in [-0.15, -0.1) is 0 Å². The molecule has 1 aliphatic rings. The lowest BCUT2D eigenvalue weighted by Crippen LogP contribution is -2.20. The third-order valence-corrected chi connectivity index (χ3v) is 2.29. The van der Waals surface area contributed by atoms with Crippen LogP contribution in [0, 0.1) is 5.92 Å². The highest BCUT2D eigenvalue weighted by molar-refractivity contribution is 5.84. The van der Waals surface area contributed by atoms with Crippen molar-refractivity contribution in [3.8, 4) is 0 Å². The summed E-state index contributed by atoms with van der Waals surface area (Å²) in [5.74, 6) is -0.430. The second kappa shape index (κ2) is 5.14. The summed E-state index contributed by atoms with van der Waals surface area (Å²) in [6, 6.07) is 0. The van der Waals surface area contributed by atoms with Gasteiger partial charge in [0.1, 0.15) is 6.61 Å². The van der Waals surface area contributed by atoms with Crippen molar-refractivity contribution in [1.29, 1.82) is 0 Å². The van der Waals surface area contributed by atoms with Crippen LogP contribution in [0.1, 0.15) is 32.6 Å². The number of hydrogen-bond donors (Lipinski definition) is 0. The molecule has 0 aromatic rings. The Morgan fingerprint density at radius 1 is 1.46 bits per heavy atom. The van der Waals surface area contributed by atoms with Crippen molar-refractivity contribution < 1.29 is 13.6 Å². The Labute approximate surface area is 76.9 Å². The van der Waals surface area contributed by atoms with Crippen molar-refractivity contribution in [1.82, 2.24) is 0 Å². The minimum absolute atomic E-state index is 0.430. The molecule has 0 aliphatic heterocycles. The maximum Gasteiger partial charge on any atom is 0.241 e. The van der Waals surface area contributed by atoms with E-state index in [1.807, 2.05) is 6.92 Å². The summed E-state index contributed by atoms with van der Waals surface area (Å²) in [6.45, 7) is 2.40. The zero-order valence-corrected chi connectivity index (χ0v) is 7.80. The zero-order chi connectivity index (χ0) is 9.68. The SMILES string of the molecule is CCON=C1CCC(C(F)F)CC1. The van der Waals surface area contributed by atoms with Gasteiger partial charge in [-0.2, -0.15) is 0 Å². The maximum absolute atomic E-state index is 12.2. The average molecular weight is 191 g/mol. The van der Waals surface area contributed by atoms with Crippen LogP contribution < -0.4 is 0 Å². The molecule has 0 heterocycles. The van der Waals surface area contributed by atoms with E-state index < -0.39 is 12.3 Å². The molecule has 1 rings (SSSR count). The fraction of sp³-hybridized carbons (Fsp3) is 0.889. The minimum Gasteiger partial charge on any atom is -0.396 e. The normalized spacial score (nSPS) is 23.4. The van der Waals surface area contributed by atoms with Crippen LogP contribution in [0.25, 0.3) is 0 Å². The van der Waals surface area contributed by atoms with Gasteiger partial charge in [0.25, 0.3) is 0 Å². The molecule has 0 radical (unpaired) electrons. The van der Waals surface area contributed by atoms with Crippen LogP contribution in [0.4, 0.5) is 8.78 Å². The van der Waals surface area contributed by atoms with Gasteiger partial charge in [-0.05, 0) is 32.6 Å². The molecule has 0 bridgehead atoms. The van der Waals surface area contributed by atoms with Crippen molar-refractivity contribution in [3.63, 3.8) is 0 Å². The number of nitrogens with zero attached hydrogens (tertiary/aromatic N) is 1. The van der Waals surface area contributed by atoms with E-state index >= 15 is 0 Å². The standard InChI is InChI=1S/C9H15F2NO/c1-2-13-12-8-5-3-7(4-6-8)9(10)11/h7,9H,2-6H2,1H3. The van der Waals surface area contributed by atoms with E-state index in [0.29, 0.717) is 32.3 Å². The molecule has 4 heteroatoms. The van der Waals surface area contributed by atoms with Crippen LogP contribution in [0.2, 0.25) is 0 Å². The summed E-state index contributed by atoms with van der Waals surface area (Å²) < 4.78 is 24.5. The van der Waals surface area contributed by atoms with E-state index in [-0.39, 0.29) is 0 Å². The second-order valence-electron chi connectivity index (χ2n) is 3.25. The molecule has 0 spiro atoms. The van der Waals surface area contributed by atoms with Crippen LogP contribution in [-0.4, -0.2) is 18.7 Å². The van der Waals surface area contributed by atoms with Gasteiger partial charge in [-0.1, -0.05) is 5.16 Å². The van der Waals surface area contributed by atoms with Gasteiger partial charge in [-0.25, -0.2) is 8.78 Å². The van der Waals surface area contributed by atoms with E-state index in [2.05, 4.69) is 5.16 Å². The summed E-state index contributed by atoms with van der Waals surface area (Å²) in [5, 5.41) is 3.87. The Morgan fingerprint density at radius 2 is 2.08 bits per heavy atom. The summed E-state index contributed by atoms with van der Waals surface area (Å²) in [4.78, 5) is 4.87. The number of hydrogen-bond acceptors (Lipinski definition) is 2. The summed E-state index contributed by atoms with van der Waals surface area (Å²) in [7, 11) is 0. The first-order chi connectivity index (χ1) is 6.24. The largest absolute Gasteiger partial charge is 0.396 e. The number of oxime groups is 1. The number of rotatable bonds is 3. The molecule has 1 aliphatic carbocycles. The quantitative estimate of drug-likeness (QED) is 0.628. The molecule has 2 nitrogen and oxygen atoms in total. The molecule has 13 heavy (non-hydrogen) atoms. The monoisotopic (exact) mass is 191 g/mol. The van der Waals surface area contributed by atoms with Crippen molar-refractivity contribution in [2.75, 3.05) is 6.61 Å². The van der Waals surface area contributed by atoms with E-state index in [9.17, 15) is 8.78 Å². The van der Waals surface area contributed by atoms with E-state index in [4.69, 9.17) is 4.84 Å². The molecule has 0 N–H and O–H groups in total. The fourth-order valence-electron chi connectivity index (χ4n) is 1.47. The predicted molar refractivity (Wildman–Crippen MR) is 47.0 cm³/mol. The Hall–Kier alpha value is -0.670. The van der Waals surface area contributed by atoms with Crippen molar-refractivity contribution in [2.24, 2.45) is 11.1 Å². The molecular formula is C9H15F2NO. The van der Waals surface area contributed by atoms with Crippen molar-refractivity contribution >= 4 is 5.71 Å². The van der Waals surface area contributed by atoms with Gasteiger partial charge < -0.3 is 4.84 Å².